The molecule has 0 unspecified atom stereocenters. The van der Waals surface area contributed by atoms with E-state index in [-0.39, 0.29) is 29.6 Å². The van der Waals surface area contributed by atoms with E-state index in [4.69, 9.17) is 9.15 Å². The number of hydrogen-bond donors (Lipinski definition) is 1. The van der Waals surface area contributed by atoms with Crippen LogP contribution in [-0.4, -0.2) is 24.3 Å². The van der Waals surface area contributed by atoms with E-state index in [1.807, 2.05) is 12.1 Å². The molecule has 6 heteroatoms. The molecule has 0 radical (unpaired) electrons. The average Bonchev–Trinajstić information content (AvgIpc) is 3.32. The van der Waals surface area contributed by atoms with Crippen molar-refractivity contribution in [3.05, 3.63) is 89.4 Å². The molecule has 0 aliphatic carbocycles. The first-order valence-corrected chi connectivity index (χ1v) is 9.73. The molecule has 6 nitrogen and oxygen atoms in total. The highest BCUT2D eigenvalue weighted by molar-refractivity contribution is 6.02. The number of carbonyl (C=O) groups is 3. The minimum absolute atomic E-state index is 0.189. The standard InChI is InChI=1S/C24H23NO5/c1-3-16(2)17-6-8-18(9-7-17)21(26)15-30-24(28)19-10-12-20(13-11-19)25-23(27)22-5-4-14-29-22/h4-14,16H,3,15H2,1-2H3,(H,25,27)/t16-/m0/s1. The molecule has 0 aliphatic rings. The van der Waals surface area contributed by atoms with Crippen LogP contribution in [0.1, 0.15) is 63.0 Å². The summed E-state index contributed by atoms with van der Waals surface area (Å²) in [6.45, 7) is 3.91. The second-order valence-electron chi connectivity index (χ2n) is 6.94. The minimum Gasteiger partial charge on any atom is -0.459 e. The lowest BCUT2D eigenvalue weighted by Crippen LogP contribution is -2.15. The molecule has 30 heavy (non-hydrogen) atoms. The zero-order valence-corrected chi connectivity index (χ0v) is 16.9. The van der Waals surface area contributed by atoms with Crippen molar-refractivity contribution >= 4 is 23.3 Å². The van der Waals surface area contributed by atoms with Crippen LogP contribution in [0, 0.1) is 0 Å². The molecule has 2 aromatic carbocycles. The van der Waals surface area contributed by atoms with Crippen LogP contribution in [0.3, 0.4) is 0 Å². The number of amides is 1. The van der Waals surface area contributed by atoms with E-state index in [2.05, 4.69) is 19.2 Å². The number of Topliss-reactive ketones (excluding diaryl/α,β-unsaturated/α-hetero) is 1. The van der Waals surface area contributed by atoms with E-state index in [0.717, 1.165) is 6.42 Å². The van der Waals surface area contributed by atoms with Crippen LogP contribution in [0.15, 0.2) is 71.3 Å². The van der Waals surface area contributed by atoms with E-state index >= 15 is 0 Å². The number of ketones is 1. The molecule has 0 spiro atoms. The fraction of sp³-hybridized carbons (Fsp3) is 0.208. The number of esters is 1. The maximum absolute atomic E-state index is 12.3. The smallest absolute Gasteiger partial charge is 0.338 e. The second-order valence-corrected chi connectivity index (χ2v) is 6.94. The van der Waals surface area contributed by atoms with Gasteiger partial charge in [0.1, 0.15) is 0 Å². The van der Waals surface area contributed by atoms with Gasteiger partial charge in [-0.2, -0.15) is 0 Å². The molecule has 1 heterocycles. The van der Waals surface area contributed by atoms with Crippen LogP contribution in [0.5, 0.6) is 0 Å². The fourth-order valence-electron chi connectivity index (χ4n) is 2.82. The third kappa shape index (κ3) is 5.23. The molecule has 0 fully saturated rings. The lowest BCUT2D eigenvalue weighted by atomic mass is 9.97. The Bertz CT molecular complexity index is 1000. The molecule has 154 valence electrons. The highest BCUT2D eigenvalue weighted by Crippen LogP contribution is 2.19. The van der Waals surface area contributed by atoms with Crippen LogP contribution in [0.25, 0.3) is 0 Å². The van der Waals surface area contributed by atoms with Crippen molar-refractivity contribution in [2.75, 3.05) is 11.9 Å². The largest absolute Gasteiger partial charge is 0.459 e. The van der Waals surface area contributed by atoms with Crippen molar-refractivity contribution in [3.8, 4) is 0 Å². The lowest BCUT2D eigenvalue weighted by molar-refractivity contribution is 0.0475. The quantitative estimate of drug-likeness (QED) is 0.417. The average molecular weight is 405 g/mol. The van der Waals surface area contributed by atoms with Crippen LogP contribution in [0.4, 0.5) is 5.69 Å². The summed E-state index contributed by atoms with van der Waals surface area (Å²) in [5.74, 6) is -0.641. The van der Waals surface area contributed by atoms with E-state index in [1.165, 1.54) is 24.0 Å². The van der Waals surface area contributed by atoms with E-state index in [9.17, 15) is 14.4 Å². The summed E-state index contributed by atoms with van der Waals surface area (Å²) in [5, 5.41) is 2.66. The Hall–Kier alpha value is -3.67. The van der Waals surface area contributed by atoms with Gasteiger partial charge in [-0.3, -0.25) is 9.59 Å². The zero-order valence-electron chi connectivity index (χ0n) is 16.9. The number of benzene rings is 2. The number of anilines is 1. The molecular weight excluding hydrogens is 382 g/mol. The number of hydrogen-bond acceptors (Lipinski definition) is 5. The van der Waals surface area contributed by atoms with Crippen molar-refractivity contribution in [3.63, 3.8) is 0 Å². The third-order valence-electron chi connectivity index (χ3n) is 4.87. The first-order valence-electron chi connectivity index (χ1n) is 9.73. The van der Waals surface area contributed by atoms with Crippen molar-refractivity contribution in [2.45, 2.75) is 26.2 Å². The summed E-state index contributed by atoms with van der Waals surface area (Å²) in [7, 11) is 0. The molecule has 1 aromatic heterocycles. The monoisotopic (exact) mass is 405 g/mol. The van der Waals surface area contributed by atoms with Gasteiger partial charge in [0.2, 0.25) is 0 Å². The molecule has 3 aromatic rings. The minimum atomic E-state index is -0.608. The maximum Gasteiger partial charge on any atom is 0.338 e. The number of ether oxygens (including phenoxy) is 1. The summed E-state index contributed by atoms with van der Waals surface area (Å²) in [5.41, 5.74) is 2.47. The maximum atomic E-state index is 12.3. The van der Waals surface area contributed by atoms with Crippen LogP contribution in [0.2, 0.25) is 0 Å². The molecule has 0 saturated carbocycles. The van der Waals surface area contributed by atoms with Gasteiger partial charge in [0.15, 0.2) is 18.2 Å². The zero-order chi connectivity index (χ0) is 21.5. The highest BCUT2D eigenvalue weighted by Gasteiger charge is 2.14. The van der Waals surface area contributed by atoms with Crippen LogP contribution >= 0.6 is 0 Å². The summed E-state index contributed by atoms with van der Waals surface area (Å²) < 4.78 is 10.2. The Morgan fingerprint density at radius 3 is 2.23 bits per heavy atom. The normalized spacial score (nSPS) is 11.5. The van der Waals surface area contributed by atoms with Gasteiger partial charge in [0.25, 0.3) is 5.91 Å². The molecule has 3 rings (SSSR count). The number of carbonyl (C=O) groups excluding carboxylic acids is 3. The van der Waals surface area contributed by atoms with Crippen molar-refractivity contribution in [2.24, 2.45) is 0 Å². The van der Waals surface area contributed by atoms with E-state index in [1.54, 1.807) is 36.4 Å². The number of rotatable bonds is 8. The summed E-state index contributed by atoms with van der Waals surface area (Å²) in [4.78, 5) is 36.4. The molecular formula is C24H23NO5. The first-order chi connectivity index (χ1) is 14.5. The predicted molar refractivity (Wildman–Crippen MR) is 113 cm³/mol. The van der Waals surface area contributed by atoms with Crippen LogP contribution in [-0.2, 0) is 4.74 Å². The first kappa shape index (κ1) is 21.0. The molecule has 1 N–H and O–H groups in total. The third-order valence-corrected chi connectivity index (χ3v) is 4.87. The Kier molecular flexibility index (Phi) is 6.80. The van der Waals surface area contributed by atoms with E-state index in [0.29, 0.717) is 17.2 Å². The van der Waals surface area contributed by atoms with Gasteiger partial charge in [-0.15, -0.1) is 0 Å². The molecule has 1 atom stereocenters. The number of nitrogens with one attached hydrogen (secondary N) is 1. The Labute approximate surface area is 174 Å². The topological polar surface area (TPSA) is 85.6 Å². The molecule has 1 amide bonds. The SMILES string of the molecule is CC[C@H](C)c1ccc(C(=O)COC(=O)c2ccc(NC(=O)c3ccco3)cc2)cc1. The summed E-state index contributed by atoms with van der Waals surface area (Å²) in [6, 6.07) is 16.7. The van der Waals surface area contributed by atoms with E-state index < -0.39 is 5.97 Å². The Balaban J connectivity index is 1.53. The lowest BCUT2D eigenvalue weighted by Gasteiger charge is -2.10. The molecule has 0 saturated heterocycles. The summed E-state index contributed by atoms with van der Waals surface area (Å²) >= 11 is 0. The van der Waals surface area contributed by atoms with Crippen molar-refractivity contribution in [1.82, 2.24) is 0 Å². The fourth-order valence-corrected chi connectivity index (χ4v) is 2.82. The van der Waals surface area contributed by atoms with Gasteiger partial charge in [-0.1, -0.05) is 38.1 Å². The van der Waals surface area contributed by atoms with Gasteiger partial charge in [0.05, 0.1) is 11.8 Å². The van der Waals surface area contributed by atoms with Gasteiger partial charge < -0.3 is 14.5 Å². The van der Waals surface area contributed by atoms with Crippen LogP contribution < -0.4 is 5.32 Å². The molecule has 0 bridgehead atoms. The van der Waals surface area contributed by atoms with Gasteiger partial charge in [-0.25, -0.2) is 4.79 Å². The molecule has 0 aliphatic heterocycles. The Morgan fingerprint density at radius 1 is 0.967 bits per heavy atom. The Morgan fingerprint density at radius 2 is 1.63 bits per heavy atom. The van der Waals surface area contributed by atoms with Gasteiger partial charge in [-0.05, 0) is 54.3 Å². The van der Waals surface area contributed by atoms with Crippen molar-refractivity contribution < 1.29 is 23.5 Å². The predicted octanol–water partition coefficient (Wildman–Crippen LogP) is 5.09. The highest BCUT2D eigenvalue weighted by atomic mass is 16.5. The second kappa shape index (κ2) is 9.69. The van der Waals surface area contributed by atoms with Crippen molar-refractivity contribution in [1.29, 1.82) is 0 Å². The van der Waals surface area contributed by atoms with Gasteiger partial charge >= 0.3 is 5.97 Å². The number of furan rings is 1. The summed E-state index contributed by atoms with van der Waals surface area (Å²) in [6.07, 6.45) is 2.44. The van der Waals surface area contributed by atoms with Gasteiger partial charge in [0, 0.05) is 11.3 Å².